The van der Waals surface area contributed by atoms with Gasteiger partial charge in [0.1, 0.15) is 35.4 Å². The fourth-order valence-corrected chi connectivity index (χ4v) is 9.89. The highest BCUT2D eigenvalue weighted by Gasteiger charge is 2.54. The van der Waals surface area contributed by atoms with Gasteiger partial charge in [0.05, 0.1) is 39.1 Å². The van der Waals surface area contributed by atoms with E-state index in [-0.39, 0.29) is 57.7 Å². The zero-order chi connectivity index (χ0) is 60.0. The van der Waals surface area contributed by atoms with Gasteiger partial charge in [-0.2, -0.15) is 19.9 Å². The Morgan fingerprint density at radius 1 is 0.571 bits per heavy atom. The molecule has 10 rings (SSSR count). The van der Waals surface area contributed by atoms with Gasteiger partial charge >= 0.3 is 23.9 Å². The maximum Gasteiger partial charge on any atom is 0.350 e. The first-order chi connectivity index (χ1) is 40.3. The molecule has 0 saturated carbocycles. The molecule has 0 bridgehead atoms. The Kier molecular flexibility index (Phi) is 18.4. The Bertz CT molecular complexity index is 3420. The molecule has 4 aromatic heterocycles. The minimum atomic E-state index is -2.51. The summed E-state index contributed by atoms with van der Waals surface area (Å²) in [5.41, 5.74) is 11.7. The van der Waals surface area contributed by atoms with E-state index in [0.29, 0.717) is 11.1 Å². The van der Waals surface area contributed by atoms with Crippen molar-refractivity contribution in [1.29, 1.82) is 0 Å². The average molecular weight is 1200 g/mol. The molecule has 0 unspecified atom stereocenters. The summed E-state index contributed by atoms with van der Waals surface area (Å²) in [5.74, 6) is -5.58. The molecule has 8 aromatic rings. The number of carboxylic acids is 2. The molecule has 0 radical (unpaired) electrons. The van der Waals surface area contributed by atoms with Gasteiger partial charge < -0.3 is 60.3 Å². The van der Waals surface area contributed by atoms with Gasteiger partial charge in [-0.1, -0.05) is 109 Å². The van der Waals surface area contributed by atoms with Gasteiger partial charge in [0.15, 0.2) is 47.7 Å². The normalized spacial score (nSPS) is 21.7. The zero-order valence-corrected chi connectivity index (χ0v) is 46.0. The number of carbonyl (C=O) groups excluding carboxylic acids is 2. The summed E-state index contributed by atoms with van der Waals surface area (Å²) in [7, 11) is 0. The molecule has 0 aliphatic carbocycles. The highest BCUT2D eigenvalue weighted by Crippen LogP contribution is 2.38. The number of alkyl halides is 2. The van der Waals surface area contributed by atoms with Crippen LogP contribution in [0, 0.1) is 0 Å². The average Bonchev–Trinajstić information content (AvgIpc) is 3.72. The molecule has 2 aliphatic heterocycles. The molecule has 440 valence electrons. The van der Waals surface area contributed by atoms with Gasteiger partial charge in [-0.15, -0.1) is 0 Å². The molecular formula is C56H54Cl2F2N10O14. The van der Waals surface area contributed by atoms with Crippen LogP contribution in [0.25, 0.3) is 44.6 Å². The molecule has 0 spiro atoms. The predicted molar refractivity (Wildman–Crippen MR) is 296 cm³/mol. The van der Waals surface area contributed by atoms with Crippen LogP contribution >= 0.6 is 23.2 Å². The number of imidazole rings is 2. The number of anilines is 2. The number of ether oxygens (including phenoxy) is 6. The van der Waals surface area contributed by atoms with Crippen molar-refractivity contribution in [3.8, 4) is 22.3 Å². The highest BCUT2D eigenvalue weighted by molar-refractivity contribution is 6.29. The second-order valence-corrected chi connectivity index (χ2v) is 19.9. The minimum absolute atomic E-state index is 0.0323. The third kappa shape index (κ3) is 12.3. The van der Waals surface area contributed by atoms with Crippen molar-refractivity contribution in [2.75, 3.05) is 37.9 Å². The van der Waals surface area contributed by atoms with E-state index < -0.39 is 110 Å². The largest absolute Gasteiger partial charge is 0.479 e. The van der Waals surface area contributed by atoms with Crippen molar-refractivity contribution < 1.29 is 76.8 Å². The number of fused-ring (bicyclic) bond motifs is 2. The number of esters is 2. The quantitative estimate of drug-likeness (QED) is 0.0292. The van der Waals surface area contributed by atoms with Crippen molar-refractivity contribution in [2.45, 2.75) is 87.1 Å². The van der Waals surface area contributed by atoms with Gasteiger partial charge in [0, 0.05) is 12.8 Å². The first-order valence-electron chi connectivity index (χ1n) is 25.9. The van der Waals surface area contributed by atoms with E-state index >= 15 is 8.78 Å². The second kappa shape index (κ2) is 25.7. The number of aliphatic carboxylic acids is 2. The number of benzene rings is 4. The molecule has 4 aromatic carbocycles. The third-order valence-electron chi connectivity index (χ3n) is 13.9. The molecule has 6 heterocycles. The van der Waals surface area contributed by atoms with Crippen molar-refractivity contribution in [2.24, 2.45) is 0 Å². The van der Waals surface area contributed by atoms with E-state index in [0.717, 1.165) is 22.3 Å². The summed E-state index contributed by atoms with van der Waals surface area (Å²) in [6.45, 7) is 1.52. The van der Waals surface area contributed by atoms with Crippen LogP contribution in [-0.2, 0) is 60.4 Å². The highest BCUT2D eigenvalue weighted by atomic mass is 35.5. The Hall–Kier alpha value is -8.34. The molecule has 24 nitrogen and oxygen atoms in total. The number of hydrogen-bond donors (Lipinski definition) is 6. The maximum absolute atomic E-state index is 15.3. The Morgan fingerprint density at radius 2 is 0.917 bits per heavy atom. The van der Waals surface area contributed by atoms with Crippen molar-refractivity contribution in [3.05, 3.63) is 144 Å². The number of aliphatic hydroxyl groups is 2. The predicted octanol–water partition coefficient (Wildman–Crippen LogP) is 5.94. The summed E-state index contributed by atoms with van der Waals surface area (Å²) in [5, 5.41) is 41.4. The Labute approximate surface area is 485 Å². The summed E-state index contributed by atoms with van der Waals surface area (Å²) < 4.78 is 66.0. The van der Waals surface area contributed by atoms with Gasteiger partial charge in [0.2, 0.25) is 10.6 Å². The van der Waals surface area contributed by atoms with Crippen LogP contribution in [-0.4, -0.2) is 158 Å². The number of nitrogens with zero attached hydrogens (tertiary/aromatic N) is 8. The van der Waals surface area contributed by atoms with Crippen LogP contribution < -0.4 is 11.5 Å². The summed E-state index contributed by atoms with van der Waals surface area (Å²) in [4.78, 5) is 75.1. The van der Waals surface area contributed by atoms with Gasteiger partial charge in [-0.05, 0) is 70.4 Å². The molecule has 84 heavy (non-hydrogen) atoms. The number of carboxylic acid groups (broad SMARTS) is 2. The number of rotatable bonds is 20. The number of nitrogens with two attached hydrogens (primary N) is 2. The van der Waals surface area contributed by atoms with Crippen LogP contribution in [0.15, 0.2) is 122 Å². The van der Waals surface area contributed by atoms with E-state index in [4.69, 9.17) is 63.1 Å². The van der Waals surface area contributed by atoms with E-state index in [1.165, 1.54) is 35.6 Å². The summed E-state index contributed by atoms with van der Waals surface area (Å²) >= 11 is 11.8. The van der Waals surface area contributed by atoms with Gasteiger partial charge in [0.25, 0.3) is 11.2 Å². The topological polar surface area (TPSA) is 344 Å². The van der Waals surface area contributed by atoms with Crippen LogP contribution in [0.5, 0.6) is 0 Å². The fraction of sp³-hybridized carbons (Fsp3) is 0.321. The first-order valence-corrected chi connectivity index (χ1v) is 26.7. The molecule has 2 saturated heterocycles. The molecule has 10 atom stereocenters. The molecule has 0 amide bonds. The first kappa shape index (κ1) is 60.3. The van der Waals surface area contributed by atoms with Gasteiger partial charge in [-0.25, -0.2) is 37.9 Å². The Morgan fingerprint density at radius 3 is 1.25 bits per heavy atom. The van der Waals surface area contributed by atoms with Crippen LogP contribution in [0.1, 0.15) is 37.4 Å². The minimum Gasteiger partial charge on any atom is -0.479 e. The van der Waals surface area contributed by atoms with E-state index in [1.807, 2.05) is 60.7 Å². The van der Waals surface area contributed by atoms with Crippen LogP contribution in [0.3, 0.4) is 0 Å². The summed E-state index contributed by atoms with van der Waals surface area (Å²) in [6, 6.07) is 33.0. The van der Waals surface area contributed by atoms with Gasteiger partial charge in [-0.3, -0.25) is 9.13 Å². The molecule has 2 fully saturated rings. The van der Waals surface area contributed by atoms with Crippen LogP contribution in [0.4, 0.5) is 20.4 Å². The van der Waals surface area contributed by atoms with E-state index in [2.05, 4.69) is 29.9 Å². The van der Waals surface area contributed by atoms with Crippen molar-refractivity contribution in [3.63, 3.8) is 0 Å². The number of hydrogen-bond acceptors (Lipinski definition) is 20. The molecule has 28 heteroatoms. The second-order valence-electron chi connectivity index (χ2n) is 19.2. The molecule has 8 N–H and O–H groups in total. The number of aromatic nitrogens is 8. The molecular weight excluding hydrogens is 1150 g/mol. The zero-order valence-electron chi connectivity index (χ0n) is 44.5. The third-order valence-corrected chi connectivity index (χ3v) is 14.2. The van der Waals surface area contributed by atoms with E-state index in [9.17, 15) is 39.6 Å². The fourth-order valence-electron chi connectivity index (χ4n) is 9.55. The van der Waals surface area contributed by atoms with Crippen molar-refractivity contribution >= 4 is 81.0 Å². The lowest BCUT2D eigenvalue weighted by Gasteiger charge is -2.29. The Balaban J connectivity index is 0.000000202. The molecule has 2 aliphatic rings. The standard InChI is InChI=1S/2C28H27ClFN5O7/c2*1-2-40-26(39)28(25(37)38,12-15-8-10-17(11-9-15)16-6-4-3-5-7-16)41-13-18-21(36)19(30)24(42-18)35-14-32-20-22(31)33-27(29)34-23(20)35/h2*3-11,14,18-19,21,24,36H,2,12-13H2,1H3,(H,37,38)(H2,31,33,34)/t18-,19+,21-,24-,28+;18-,19+,21-,24-,28-/m11/s1. The smallest absolute Gasteiger partial charge is 0.350 e. The monoisotopic (exact) mass is 1200 g/mol. The van der Waals surface area contributed by atoms with Crippen molar-refractivity contribution in [1.82, 2.24) is 39.0 Å². The number of halogens is 4. The summed E-state index contributed by atoms with van der Waals surface area (Å²) in [6.07, 6.45) is -11.5. The lowest BCUT2D eigenvalue weighted by atomic mass is 9.92. The maximum atomic E-state index is 15.3. The number of carbonyl (C=O) groups is 4. The number of aliphatic hydroxyl groups excluding tert-OH is 2. The SMILES string of the molecule is CCOC(=O)[C@@](Cc1ccc(-c2ccccc2)cc1)(OC[C@H]1O[C@@H](n2cnc3c(N)nc(Cl)nc32)[C@@H](F)[C@@H]1O)C(=O)O.CCOC(=O)[C@](Cc1ccc(-c2ccccc2)cc1)(OC[C@H]1O[C@@H](n2cnc3c(N)nc(Cl)nc32)[C@@H](F)[C@@H]1O)C(=O)O. The lowest BCUT2D eigenvalue weighted by Crippen LogP contribution is -2.53. The lowest BCUT2D eigenvalue weighted by molar-refractivity contribution is -0.194. The number of nitrogen functional groups attached to an aromatic ring is 2. The van der Waals surface area contributed by atoms with Crippen LogP contribution in [0.2, 0.25) is 10.6 Å². The van der Waals surface area contributed by atoms with E-state index in [1.54, 1.807) is 48.5 Å².